The van der Waals surface area contributed by atoms with Gasteiger partial charge in [0.05, 0.1) is 168 Å². The largest absolute Gasteiger partial charge is 0.420 e. The van der Waals surface area contributed by atoms with Crippen molar-refractivity contribution in [2.75, 3.05) is 157 Å². The molecular formula is C37H52F5N3O17. The fraction of sp³-hybridized carbons (Fsp3) is 0.649. The van der Waals surface area contributed by atoms with E-state index in [1.54, 1.807) is 0 Å². The van der Waals surface area contributed by atoms with Gasteiger partial charge in [-0.25, -0.2) is 13.2 Å². The van der Waals surface area contributed by atoms with E-state index in [0.29, 0.717) is 106 Å². The molecule has 62 heavy (non-hydrogen) atoms. The number of benzene rings is 2. The first-order valence-electron chi connectivity index (χ1n) is 19.3. The van der Waals surface area contributed by atoms with Crippen LogP contribution in [0.1, 0.15) is 6.42 Å². The molecule has 0 atom stereocenters. The molecule has 20 nitrogen and oxygen atoms in total. The third-order valence-electron chi connectivity index (χ3n) is 7.51. The number of rotatable bonds is 40. The Bertz CT molecular complexity index is 1560. The van der Waals surface area contributed by atoms with Gasteiger partial charge < -0.3 is 62.2 Å². The molecule has 0 spiro atoms. The van der Waals surface area contributed by atoms with Gasteiger partial charge in [-0.15, -0.1) is 0 Å². The highest BCUT2D eigenvalue weighted by atomic mass is 19.2. The number of nitro benzene ring substituents is 2. The molecule has 0 fully saturated rings. The van der Waals surface area contributed by atoms with Crippen molar-refractivity contribution < 1.29 is 93.4 Å². The molecule has 1 N–H and O–H groups in total. The van der Waals surface area contributed by atoms with E-state index in [1.807, 2.05) is 0 Å². The van der Waals surface area contributed by atoms with Crippen LogP contribution in [-0.4, -0.2) is 168 Å². The summed E-state index contributed by atoms with van der Waals surface area (Å²) in [6, 6.07) is 3.38. The number of carbonyl (C=O) groups is 1. The molecule has 0 aromatic heterocycles. The van der Waals surface area contributed by atoms with Gasteiger partial charge in [0.15, 0.2) is 0 Å². The maximum atomic E-state index is 13.6. The van der Waals surface area contributed by atoms with Crippen LogP contribution in [0.4, 0.5) is 39.0 Å². The van der Waals surface area contributed by atoms with Crippen molar-refractivity contribution in [3.63, 3.8) is 0 Å². The van der Waals surface area contributed by atoms with E-state index in [-0.39, 0.29) is 63.2 Å². The number of non-ortho nitro benzene ring substituents is 1. The quantitative estimate of drug-likeness (QED) is 0.0147. The molecule has 2 aromatic carbocycles. The van der Waals surface area contributed by atoms with Gasteiger partial charge in [0, 0.05) is 12.6 Å². The third kappa shape index (κ3) is 23.8. The van der Waals surface area contributed by atoms with Gasteiger partial charge in [-0.3, -0.25) is 25.0 Å². The Kier molecular flexibility index (Phi) is 29.7. The number of nitrogens with zero attached hydrogens (tertiary/aromatic N) is 2. The van der Waals surface area contributed by atoms with Crippen LogP contribution in [0.25, 0.3) is 0 Å². The summed E-state index contributed by atoms with van der Waals surface area (Å²) in [7, 11) is 0. The second-order valence-corrected chi connectivity index (χ2v) is 12.0. The van der Waals surface area contributed by atoms with Crippen LogP contribution in [0.3, 0.4) is 0 Å². The lowest BCUT2D eigenvalue weighted by molar-refractivity contribution is -0.393. The van der Waals surface area contributed by atoms with Crippen LogP contribution in [0.15, 0.2) is 18.2 Å². The monoisotopic (exact) mass is 905 g/mol. The summed E-state index contributed by atoms with van der Waals surface area (Å²) in [4.78, 5) is 32.3. The van der Waals surface area contributed by atoms with E-state index in [1.165, 1.54) is 12.1 Å². The topological polar surface area (TPSA) is 226 Å². The molecule has 0 amide bonds. The lowest BCUT2D eigenvalue weighted by atomic mass is 10.2. The summed E-state index contributed by atoms with van der Waals surface area (Å²) in [6.45, 7) is 7.08. The summed E-state index contributed by atoms with van der Waals surface area (Å²) in [5.74, 6) is -14.2. The molecule has 0 heterocycles. The zero-order chi connectivity index (χ0) is 45.2. The minimum Gasteiger partial charge on any atom is -0.420 e. The Hall–Kier alpha value is -4.28. The second-order valence-electron chi connectivity index (χ2n) is 12.0. The molecule has 0 bridgehead atoms. The normalized spacial score (nSPS) is 11.3. The van der Waals surface area contributed by atoms with E-state index in [9.17, 15) is 47.0 Å². The van der Waals surface area contributed by atoms with Crippen molar-refractivity contribution >= 4 is 23.0 Å². The highest BCUT2D eigenvalue weighted by Crippen LogP contribution is 2.30. The predicted octanol–water partition coefficient (Wildman–Crippen LogP) is 3.79. The number of halogens is 5. The zero-order valence-corrected chi connectivity index (χ0v) is 33.9. The average Bonchev–Trinajstić information content (AvgIpc) is 3.26. The summed E-state index contributed by atoms with van der Waals surface area (Å²) in [5, 5.41) is 24.8. The summed E-state index contributed by atoms with van der Waals surface area (Å²) >= 11 is 0. The first-order valence-corrected chi connectivity index (χ1v) is 19.3. The molecule has 0 aliphatic carbocycles. The van der Waals surface area contributed by atoms with E-state index < -0.39 is 57.1 Å². The van der Waals surface area contributed by atoms with E-state index in [2.05, 4.69) is 10.1 Å². The molecule has 0 saturated heterocycles. The molecule has 0 aliphatic rings. The number of nitro groups is 2. The number of ether oxygens (including phenoxy) is 12. The molecule has 2 aromatic rings. The van der Waals surface area contributed by atoms with E-state index in [4.69, 9.17) is 52.1 Å². The summed E-state index contributed by atoms with van der Waals surface area (Å²) in [5.41, 5.74) is -0.586. The van der Waals surface area contributed by atoms with E-state index in [0.717, 1.165) is 6.07 Å². The minimum atomic E-state index is -2.36. The SMILES string of the molecule is O=C(CCOCCOCCOCCOCCOCCOCCOCCOCCOCCOCCOCCNc1ccc([N+](=O)[O-])cc1[N+](=O)[O-])Oc1c(F)c(F)c(F)c(F)c1F. The van der Waals surface area contributed by atoms with Gasteiger partial charge in [-0.2, -0.15) is 8.78 Å². The van der Waals surface area contributed by atoms with Crippen LogP contribution in [0.2, 0.25) is 0 Å². The molecule has 0 aliphatic heterocycles. The Morgan fingerprint density at radius 2 is 0.790 bits per heavy atom. The van der Waals surface area contributed by atoms with Gasteiger partial charge in [-0.05, 0) is 6.07 Å². The number of carbonyl (C=O) groups excluding carboxylic acids is 1. The van der Waals surface area contributed by atoms with Gasteiger partial charge in [0.25, 0.3) is 11.4 Å². The van der Waals surface area contributed by atoms with Crippen LogP contribution >= 0.6 is 0 Å². The fourth-order valence-electron chi connectivity index (χ4n) is 4.49. The highest BCUT2D eigenvalue weighted by molar-refractivity contribution is 5.72. The van der Waals surface area contributed by atoms with Crippen LogP contribution in [0.5, 0.6) is 5.75 Å². The number of hydrogen-bond acceptors (Lipinski definition) is 18. The maximum absolute atomic E-state index is 13.6. The van der Waals surface area contributed by atoms with Crippen LogP contribution in [0, 0.1) is 49.3 Å². The van der Waals surface area contributed by atoms with Gasteiger partial charge in [0.1, 0.15) is 5.69 Å². The third-order valence-corrected chi connectivity index (χ3v) is 7.51. The predicted molar refractivity (Wildman–Crippen MR) is 204 cm³/mol. The van der Waals surface area contributed by atoms with Crippen molar-refractivity contribution in [3.8, 4) is 5.75 Å². The molecule has 0 saturated carbocycles. The first kappa shape index (κ1) is 53.9. The Morgan fingerprint density at radius 1 is 0.468 bits per heavy atom. The second kappa shape index (κ2) is 34.2. The molecular weight excluding hydrogens is 853 g/mol. The van der Waals surface area contributed by atoms with Crippen molar-refractivity contribution in [3.05, 3.63) is 67.5 Å². The van der Waals surface area contributed by atoms with Crippen LogP contribution < -0.4 is 10.1 Å². The standard InChI is InChI=1S/C37H52F5N3O17/c38-32-33(39)35(41)37(36(42)34(32)40)62-31(46)3-5-51-7-9-53-11-13-55-15-17-57-19-21-59-23-25-61-26-24-60-22-20-58-18-16-56-14-12-54-10-8-52-6-4-43-29-2-1-28(44(47)48)27-30(29)45(49)50/h1-2,27,43H,3-26H2. The average molecular weight is 906 g/mol. The molecule has 352 valence electrons. The summed E-state index contributed by atoms with van der Waals surface area (Å²) < 4.78 is 130. The van der Waals surface area contributed by atoms with Gasteiger partial charge in [0.2, 0.25) is 34.8 Å². The van der Waals surface area contributed by atoms with Crippen molar-refractivity contribution in [1.82, 2.24) is 0 Å². The molecule has 0 unspecified atom stereocenters. The molecule has 0 radical (unpaired) electrons. The molecule has 25 heteroatoms. The van der Waals surface area contributed by atoms with Gasteiger partial charge in [-0.1, -0.05) is 0 Å². The number of anilines is 1. The lowest BCUT2D eigenvalue weighted by Crippen LogP contribution is -2.16. The van der Waals surface area contributed by atoms with Crippen molar-refractivity contribution in [2.24, 2.45) is 0 Å². The van der Waals surface area contributed by atoms with Gasteiger partial charge >= 0.3 is 5.97 Å². The zero-order valence-electron chi connectivity index (χ0n) is 33.9. The van der Waals surface area contributed by atoms with Crippen LogP contribution in [-0.2, 0) is 56.9 Å². The first-order chi connectivity index (χ1) is 30.0. The minimum absolute atomic E-state index is 0.0635. The Balaban J connectivity index is 1.22. The lowest BCUT2D eigenvalue weighted by Gasteiger charge is -2.09. The van der Waals surface area contributed by atoms with E-state index >= 15 is 0 Å². The fourth-order valence-corrected chi connectivity index (χ4v) is 4.49. The summed E-state index contributed by atoms with van der Waals surface area (Å²) in [6.07, 6.45) is -0.501. The van der Waals surface area contributed by atoms with Crippen molar-refractivity contribution in [1.29, 1.82) is 0 Å². The number of hydrogen-bond donors (Lipinski definition) is 1. The number of nitrogens with one attached hydrogen (secondary N) is 1. The van der Waals surface area contributed by atoms with Crippen molar-refractivity contribution in [2.45, 2.75) is 6.42 Å². The number of esters is 1. The highest BCUT2D eigenvalue weighted by Gasteiger charge is 2.28. The Labute approximate surface area is 353 Å². The molecule has 2 rings (SSSR count). The smallest absolute Gasteiger partial charge is 0.313 e. The maximum Gasteiger partial charge on any atom is 0.313 e. The Morgan fingerprint density at radius 3 is 1.13 bits per heavy atom.